The summed E-state index contributed by atoms with van der Waals surface area (Å²) in [7, 11) is 0. The normalized spacial score (nSPS) is 11.3. The third-order valence-corrected chi connectivity index (χ3v) is 2.80. The van der Waals surface area contributed by atoms with Crippen molar-refractivity contribution in [3.63, 3.8) is 0 Å². The highest BCUT2D eigenvalue weighted by Gasteiger charge is 2.31. The summed E-state index contributed by atoms with van der Waals surface area (Å²) in [4.78, 5) is 11.3. The van der Waals surface area contributed by atoms with E-state index in [9.17, 15) is 22.4 Å². The van der Waals surface area contributed by atoms with Crippen molar-refractivity contribution in [3.05, 3.63) is 53.8 Å². The molecule has 2 rings (SSSR count). The van der Waals surface area contributed by atoms with Crippen LogP contribution in [0, 0.1) is 5.82 Å². The van der Waals surface area contributed by atoms with Gasteiger partial charge in [0.1, 0.15) is 11.6 Å². The molecule has 0 N–H and O–H groups in total. The van der Waals surface area contributed by atoms with Gasteiger partial charge in [-0.25, -0.2) is 4.39 Å². The Labute approximate surface area is 121 Å². The van der Waals surface area contributed by atoms with E-state index < -0.39 is 23.2 Å². The average molecular weight is 319 g/mol. The van der Waals surface area contributed by atoms with Gasteiger partial charge < -0.3 is 4.74 Å². The molecule has 2 aromatic rings. The van der Waals surface area contributed by atoms with Crippen molar-refractivity contribution in [1.29, 1.82) is 0 Å². The molecule has 0 aliphatic carbocycles. The summed E-state index contributed by atoms with van der Waals surface area (Å²) >= 11 is 5.39. The van der Waals surface area contributed by atoms with E-state index in [2.05, 4.69) is 4.74 Å². The van der Waals surface area contributed by atoms with E-state index >= 15 is 0 Å². The van der Waals surface area contributed by atoms with Gasteiger partial charge in [-0.05, 0) is 53.1 Å². The number of benzene rings is 2. The molecule has 0 saturated carbocycles. The topological polar surface area (TPSA) is 26.3 Å². The zero-order valence-corrected chi connectivity index (χ0v) is 11.0. The molecular weight excluding hydrogens is 312 g/mol. The molecule has 0 saturated heterocycles. The Hall–Kier alpha value is -2.08. The van der Waals surface area contributed by atoms with Gasteiger partial charge in [-0.3, -0.25) is 4.79 Å². The lowest BCUT2D eigenvalue weighted by Gasteiger charge is -2.10. The first-order chi connectivity index (χ1) is 9.76. The highest BCUT2D eigenvalue weighted by Crippen LogP contribution is 2.29. The van der Waals surface area contributed by atoms with Gasteiger partial charge in [-0.15, -0.1) is 13.2 Å². The standard InChI is InChI=1S/C14H7ClF4O2/c15-13(20)11-6-3-9(16)7-12(11)8-1-4-10(5-2-8)21-14(17,18)19/h1-7H. The van der Waals surface area contributed by atoms with E-state index in [1.165, 1.54) is 18.2 Å². The van der Waals surface area contributed by atoms with Crippen LogP contribution in [0.5, 0.6) is 5.75 Å². The van der Waals surface area contributed by atoms with E-state index in [0.717, 1.165) is 24.3 Å². The first-order valence-electron chi connectivity index (χ1n) is 5.62. The van der Waals surface area contributed by atoms with Crippen LogP contribution in [-0.2, 0) is 0 Å². The van der Waals surface area contributed by atoms with Crippen LogP contribution in [0.2, 0.25) is 0 Å². The van der Waals surface area contributed by atoms with E-state index in [1.807, 2.05) is 0 Å². The Balaban J connectivity index is 2.39. The first-order valence-corrected chi connectivity index (χ1v) is 5.99. The summed E-state index contributed by atoms with van der Waals surface area (Å²) < 4.78 is 53.2. The molecule has 2 aromatic carbocycles. The van der Waals surface area contributed by atoms with Crippen LogP contribution in [0.3, 0.4) is 0 Å². The minimum Gasteiger partial charge on any atom is -0.406 e. The summed E-state index contributed by atoms with van der Waals surface area (Å²) in [5.41, 5.74) is 0.587. The SMILES string of the molecule is O=C(Cl)c1ccc(F)cc1-c1ccc(OC(F)(F)F)cc1. The van der Waals surface area contributed by atoms with Gasteiger partial charge in [0.05, 0.1) is 0 Å². The largest absolute Gasteiger partial charge is 0.573 e. The molecule has 0 fully saturated rings. The van der Waals surface area contributed by atoms with Crippen LogP contribution >= 0.6 is 11.6 Å². The van der Waals surface area contributed by atoms with Crippen molar-refractivity contribution in [2.45, 2.75) is 6.36 Å². The number of carbonyl (C=O) groups excluding carboxylic acids is 1. The van der Waals surface area contributed by atoms with Crippen LogP contribution in [0.4, 0.5) is 17.6 Å². The highest BCUT2D eigenvalue weighted by atomic mass is 35.5. The highest BCUT2D eigenvalue weighted by molar-refractivity contribution is 6.68. The van der Waals surface area contributed by atoms with Gasteiger partial charge >= 0.3 is 6.36 Å². The number of halogens is 5. The Morgan fingerprint density at radius 3 is 2.19 bits per heavy atom. The maximum Gasteiger partial charge on any atom is 0.573 e. The van der Waals surface area contributed by atoms with Crippen molar-refractivity contribution in [2.75, 3.05) is 0 Å². The molecule has 0 unspecified atom stereocenters. The maximum atomic E-state index is 13.3. The lowest BCUT2D eigenvalue weighted by molar-refractivity contribution is -0.274. The summed E-state index contributed by atoms with van der Waals surface area (Å²) in [6.45, 7) is 0. The predicted octanol–water partition coefficient (Wildman–Crippen LogP) is 4.77. The molecule has 7 heteroatoms. The Morgan fingerprint density at radius 2 is 1.67 bits per heavy atom. The molecule has 2 nitrogen and oxygen atoms in total. The van der Waals surface area contributed by atoms with Gasteiger partial charge in [-0.1, -0.05) is 12.1 Å². The third-order valence-electron chi connectivity index (χ3n) is 2.59. The zero-order chi connectivity index (χ0) is 15.6. The molecule has 110 valence electrons. The van der Waals surface area contributed by atoms with Crippen LogP contribution < -0.4 is 4.74 Å². The van der Waals surface area contributed by atoms with Gasteiger partial charge in [0, 0.05) is 5.56 Å². The fraction of sp³-hybridized carbons (Fsp3) is 0.0714. The van der Waals surface area contributed by atoms with E-state index in [4.69, 9.17) is 11.6 Å². The van der Waals surface area contributed by atoms with Gasteiger partial charge in [0.25, 0.3) is 5.24 Å². The number of hydrogen-bond acceptors (Lipinski definition) is 2. The lowest BCUT2D eigenvalue weighted by Crippen LogP contribution is -2.16. The molecule has 0 amide bonds. The fourth-order valence-corrected chi connectivity index (χ4v) is 1.93. The second-order valence-electron chi connectivity index (χ2n) is 4.04. The lowest BCUT2D eigenvalue weighted by atomic mass is 10.00. The number of rotatable bonds is 3. The molecule has 0 aliphatic rings. The number of ether oxygens (including phenoxy) is 1. The number of hydrogen-bond donors (Lipinski definition) is 0. The molecule has 0 radical (unpaired) electrons. The molecular formula is C14H7ClF4O2. The molecule has 0 atom stereocenters. The van der Waals surface area contributed by atoms with Gasteiger partial charge in [-0.2, -0.15) is 0 Å². The summed E-state index contributed by atoms with van der Waals surface area (Å²) in [6.07, 6.45) is -4.79. The first kappa shape index (κ1) is 15.3. The molecule has 21 heavy (non-hydrogen) atoms. The smallest absolute Gasteiger partial charge is 0.406 e. The van der Waals surface area contributed by atoms with E-state index in [-0.39, 0.29) is 11.1 Å². The number of carbonyl (C=O) groups is 1. The Morgan fingerprint density at radius 1 is 1.05 bits per heavy atom. The summed E-state index contributed by atoms with van der Waals surface area (Å²) in [6, 6.07) is 8.04. The molecule has 0 aliphatic heterocycles. The van der Waals surface area contributed by atoms with Crippen molar-refractivity contribution >= 4 is 16.8 Å². The minimum atomic E-state index is -4.79. The summed E-state index contributed by atoms with van der Waals surface area (Å²) in [5.74, 6) is -1.01. The quantitative estimate of drug-likeness (QED) is 0.602. The second kappa shape index (κ2) is 5.73. The van der Waals surface area contributed by atoms with Crippen LogP contribution in [0.1, 0.15) is 10.4 Å². The van der Waals surface area contributed by atoms with Gasteiger partial charge in [0.15, 0.2) is 0 Å². The van der Waals surface area contributed by atoms with Gasteiger partial charge in [0.2, 0.25) is 0 Å². The van der Waals surface area contributed by atoms with E-state index in [0.29, 0.717) is 5.56 Å². The van der Waals surface area contributed by atoms with E-state index in [1.54, 1.807) is 0 Å². The summed E-state index contributed by atoms with van der Waals surface area (Å²) in [5, 5.41) is -0.791. The van der Waals surface area contributed by atoms with Crippen LogP contribution in [-0.4, -0.2) is 11.6 Å². The Kier molecular flexibility index (Phi) is 4.18. The predicted molar refractivity (Wildman–Crippen MR) is 68.7 cm³/mol. The third kappa shape index (κ3) is 3.95. The van der Waals surface area contributed by atoms with Crippen molar-refractivity contribution < 1.29 is 27.1 Å². The maximum absolute atomic E-state index is 13.3. The average Bonchev–Trinajstić information content (AvgIpc) is 2.37. The molecule has 0 heterocycles. The van der Waals surface area contributed by atoms with Crippen molar-refractivity contribution in [1.82, 2.24) is 0 Å². The van der Waals surface area contributed by atoms with Crippen molar-refractivity contribution in [2.24, 2.45) is 0 Å². The number of alkyl halides is 3. The van der Waals surface area contributed by atoms with Crippen molar-refractivity contribution in [3.8, 4) is 16.9 Å². The Bertz CT molecular complexity index is 666. The molecule has 0 bridgehead atoms. The zero-order valence-electron chi connectivity index (χ0n) is 10.2. The second-order valence-corrected chi connectivity index (χ2v) is 4.38. The minimum absolute atomic E-state index is 0.0579. The fourth-order valence-electron chi connectivity index (χ4n) is 1.76. The monoisotopic (exact) mass is 318 g/mol. The molecule has 0 aromatic heterocycles. The van der Waals surface area contributed by atoms with Crippen LogP contribution in [0.15, 0.2) is 42.5 Å². The van der Waals surface area contributed by atoms with Crippen LogP contribution in [0.25, 0.3) is 11.1 Å². The molecule has 0 spiro atoms.